The van der Waals surface area contributed by atoms with E-state index in [4.69, 9.17) is 9.97 Å². The number of amides is 2. The van der Waals surface area contributed by atoms with Gasteiger partial charge in [0.25, 0.3) is 0 Å². The summed E-state index contributed by atoms with van der Waals surface area (Å²) in [5, 5.41) is 0. The quantitative estimate of drug-likeness (QED) is 0.231. The number of carbonyl (C=O) groups is 2. The maximum atomic E-state index is 11.9. The summed E-state index contributed by atoms with van der Waals surface area (Å²) in [6.45, 7) is 17.8. The van der Waals surface area contributed by atoms with E-state index in [0.29, 0.717) is 13.1 Å². The van der Waals surface area contributed by atoms with Gasteiger partial charge >= 0.3 is 0 Å². The first-order valence-corrected chi connectivity index (χ1v) is 17.4. The lowest BCUT2D eigenvalue weighted by atomic mass is 9.98. The van der Waals surface area contributed by atoms with Crippen molar-refractivity contribution in [2.45, 2.75) is 93.9 Å². The Bertz CT molecular complexity index is 1990. The van der Waals surface area contributed by atoms with E-state index in [1.807, 2.05) is 14.1 Å². The third-order valence-corrected chi connectivity index (χ3v) is 10.4. The second-order valence-corrected chi connectivity index (χ2v) is 13.5. The molecule has 0 unspecified atom stereocenters. The maximum Gasteiger partial charge on any atom is 0.219 e. The maximum absolute atomic E-state index is 11.9. The molecule has 2 amide bonds. The lowest BCUT2D eigenvalue weighted by molar-refractivity contribution is -0.128. The predicted octanol–water partition coefficient (Wildman–Crippen LogP) is 8.43. The number of aromatic amines is 2. The molecule has 8 nitrogen and oxygen atoms in total. The molecule has 0 aromatic carbocycles. The first-order valence-electron chi connectivity index (χ1n) is 17.4. The van der Waals surface area contributed by atoms with Crippen molar-refractivity contribution in [2.75, 3.05) is 27.2 Å². The van der Waals surface area contributed by atoms with Gasteiger partial charge in [0.1, 0.15) is 0 Å². The van der Waals surface area contributed by atoms with Crippen molar-refractivity contribution in [3.05, 3.63) is 69.3 Å². The largest absolute Gasteiger partial charge is 0.355 e. The summed E-state index contributed by atoms with van der Waals surface area (Å²) in [4.78, 5) is 45.4. The summed E-state index contributed by atoms with van der Waals surface area (Å²) in [5.41, 5.74) is 18.0. The van der Waals surface area contributed by atoms with Crippen molar-refractivity contribution in [3.8, 4) is 0 Å². The Balaban J connectivity index is 1.78. The molecule has 0 atom stereocenters. The zero-order chi connectivity index (χ0) is 34.9. The fraction of sp³-hybridized carbons (Fsp3) is 0.450. The lowest BCUT2D eigenvalue weighted by Crippen LogP contribution is -2.24. The number of nitrogens with zero attached hydrogens (tertiary/aromatic N) is 4. The molecular weight excluding hydrogens is 596 g/mol. The molecule has 0 radical (unpaired) electrons. The second-order valence-electron chi connectivity index (χ2n) is 13.5. The Labute approximate surface area is 285 Å². The SMILES string of the molecule is CCc1c(C)c2cc3[nH]c(cc4nc(cc5nc(cc1[nH]2)C(C)=C5CCCN(C)C(C)=O)C(CCCN(C)C(C)=O)=C4C)c(C)c3CC. The highest BCUT2D eigenvalue weighted by molar-refractivity contribution is 5.95. The number of fused-ring (bicyclic) bond motifs is 8. The molecule has 2 N–H and O–H groups in total. The summed E-state index contributed by atoms with van der Waals surface area (Å²) in [6.07, 6.45) is 5.13. The minimum atomic E-state index is 0.0721. The van der Waals surface area contributed by atoms with E-state index in [1.165, 1.54) is 33.4 Å². The van der Waals surface area contributed by atoms with E-state index in [2.05, 4.69) is 75.8 Å². The van der Waals surface area contributed by atoms with E-state index in [1.54, 1.807) is 23.6 Å². The third-order valence-electron chi connectivity index (χ3n) is 10.4. The molecular formula is C40H52N6O2. The molecule has 48 heavy (non-hydrogen) atoms. The Morgan fingerprint density at radius 2 is 1.00 bits per heavy atom. The van der Waals surface area contributed by atoms with E-state index >= 15 is 0 Å². The number of hydrogen-bond acceptors (Lipinski definition) is 4. The van der Waals surface area contributed by atoms with Gasteiger partial charge in [0.15, 0.2) is 0 Å². The lowest BCUT2D eigenvalue weighted by Gasteiger charge is -2.15. The van der Waals surface area contributed by atoms with Gasteiger partial charge in [0.2, 0.25) is 11.8 Å². The molecule has 2 aliphatic rings. The molecule has 2 aliphatic heterocycles. The highest BCUT2D eigenvalue weighted by atomic mass is 16.2. The third kappa shape index (κ3) is 6.89. The topological polar surface area (TPSA) is 98.0 Å². The average molecular weight is 649 g/mol. The molecule has 5 heterocycles. The van der Waals surface area contributed by atoms with E-state index < -0.39 is 0 Å². The van der Waals surface area contributed by atoms with Gasteiger partial charge in [-0.3, -0.25) is 9.59 Å². The van der Waals surface area contributed by atoms with Crippen LogP contribution in [0.2, 0.25) is 0 Å². The predicted molar refractivity (Wildman–Crippen MR) is 199 cm³/mol. The molecule has 8 bridgehead atoms. The Morgan fingerprint density at radius 1 is 0.604 bits per heavy atom. The van der Waals surface area contributed by atoms with Crippen LogP contribution in [0.25, 0.3) is 44.4 Å². The molecule has 0 saturated carbocycles. The average Bonchev–Trinajstić information content (AvgIpc) is 3.70. The van der Waals surface area contributed by atoms with Crippen LogP contribution in [0.1, 0.15) is 112 Å². The molecule has 5 rings (SSSR count). The van der Waals surface area contributed by atoms with E-state index in [9.17, 15) is 9.59 Å². The van der Waals surface area contributed by atoms with Crippen molar-refractivity contribution >= 4 is 56.2 Å². The van der Waals surface area contributed by atoms with Gasteiger partial charge in [-0.1, -0.05) is 13.8 Å². The number of allylic oxidation sites excluding steroid dienone is 4. The van der Waals surface area contributed by atoms with Crippen molar-refractivity contribution in [3.63, 3.8) is 0 Å². The zero-order valence-electron chi connectivity index (χ0n) is 30.6. The second kappa shape index (κ2) is 14.3. The summed E-state index contributed by atoms with van der Waals surface area (Å²) in [7, 11) is 3.71. The normalized spacial score (nSPS) is 13.0. The van der Waals surface area contributed by atoms with Crippen LogP contribution < -0.4 is 0 Å². The summed E-state index contributed by atoms with van der Waals surface area (Å²) < 4.78 is 0. The molecule has 3 aromatic heterocycles. The number of aryl methyl sites for hydroxylation is 4. The number of nitrogens with one attached hydrogen (secondary N) is 2. The fourth-order valence-corrected chi connectivity index (χ4v) is 7.06. The van der Waals surface area contributed by atoms with Gasteiger partial charge in [0.05, 0.1) is 22.8 Å². The van der Waals surface area contributed by atoms with Crippen molar-refractivity contribution < 1.29 is 9.59 Å². The summed E-state index contributed by atoms with van der Waals surface area (Å²) >= 11 is 0. The number of carbonyl (C=O) groups excluding carboxylic acids is 2. The highest BCUT2D eigenvalue weighted by Crippen LogP contribution is 2.38. The first kappa shape index (κ1) is 34.9. The molecule has 0 spiro atoms. The van der Waals surface area contributed by atoms with Crippen LogP contribution in [0.3, 0.4) is 0 Å². The van der Waals surface area contributed by atoms with Crippen LogP contribution in [0, 0.1) is 13.8 Å². The smallest absolute Gasteiger partial charge is 0.219 e. The van der Waals surface area contributed by atoms with Crippen LogP contribution in [-0.4, -0.2) is 68.7 Å². The van der Waals surface area contributed by atoms with Crippen molar-refractivity contribution in [2.24, 2.45) is 0 Å². The Hall–Kier alpha value is -4.46. The monoisotopic (exact) mass is 648 g/mol. The van der Waals surface area contributed by atoms with Crippen LogP contribution in [0.4, 0.5) is 0 Å². The van der Waals surface area contributed by atoms with Crippen molar-refractivity contribution in [1.29, 1.82) is 0 Å². The molecule has 3 aromatic rings. The molecule has 254 valence electrons. The van der Waals surface area contributed by atoms with Crippen LogP contribution >= 0.6 is 0 Å². The molecule has 0 fully saturated rings. The standard InChI is InChI=1S/C40H52N6O2/c1-11-29-23(3)33-19-34-25(5)31(15-13-17-45(9)27(7)47)39(43-34)22-40-32(16-14-18-46(10)28(8)48)26(6)36(44-40)21-38-30(12-2)24(4)35(42-38)20-37(29)41-33/h19-22,41-42H,11-18H2,1-10H3. The van der Waals surface area contributed by atoms with Gasteiger partial charge in [0, 0.05) is 63.1 Å². The van der Waals surface area contributed by atoms with Crippen LogP contribution in [0.15, 0.2) is 24.3 Å². The van der Waals surface area contributed by atoms with E-state index in [0.717, 1.165) is 94.5 Å². The zero-order valence-corrected chi connectivity index (χ0v) is 30.6. The van der Waals surface area contributed by atoms with Gasteiger partial charge in [-0.2, -0.15) is 0 Å². The van der Waals surface area contributed by atoms with E-state index in [-0.39, 0.29) is 11.8 Å². The minimum absolute atomic E-state index is 0.0721. The number of aromatic nitrogens is 4. The van der Waals surface area contributed by atoms with Crippen LogP contribution in [-0.2, 0) is 22.4 Å². The summed E-state index contributed by atoms with van der Waals surface area (Å²) in [6, 6.07) is 8.83. The highest BCUT2D eigenvalue weighted by Gasteiger charge is 2.22. The van der Waals surface area contributed by atoms with Crippen LogP contribution in [0.5, 0.6) is 0 Å². The molecule has 8 heteroatoms. The van der Waals surface area contributed by atoms with Gasteiger partial charge < -0.3 is 19.8 Å². The molecule has 0 saturated heterocycles. The first-order chi connectivity index (χ1) is 22.8. The number of rotatable bonds is 10. The van der Waals surface area contributed by atoms with Gasteiger partial charge in [-0.15, -0.1) is 0 Å². The van der Waals surface area contributed by atoms with Crippen molar-refractivity contribution in [1.82, 2.24) is 29.7 Å². The number of H-pyrrole nitrogens is 2. The minimum Gasteiger partial charge on any atom is -0.355 e. The van der Waals surface area contributed by atoms with Gasteiger partial charge in [-0.05, 0) is 135 Å². The molecule has 0 aliphatic carbocycles. The Kier molecular flexibility index (Phi) is 10.4. The fourth-order valence-electron chi connectivity index (χ4n) is 7.06. The number of hydrogen-bond donors (Lipinski definition) is 2. The summed E-state index contributed by atoms with van der Waals surface area (Å²) in [5.74, 6) is 0.144. The van der Waals surface area contributed by atoms with Gasteiger partial charge in [-0.25, -0.2) is 9.97 Å². The Morgan fingerprint density at radius 3 is 1.42 bits per heavy atom.